The smallest absolute Gasteiger partial charge is 0.248 e. The molecule has 6 heteroatoms. The van der Waals surface area contributed by atoms with Gasteiger partial charge in [0, 0.05) is 17.3 Å². The third-order valence-corrected chi connectivity index (χ3v) is 1.79. The molecule has 0 unspecified atom stereocenters. The van der Waals surface area contributed by atoms with E-state index in [1.807, 2.05) is 0 Å². The fraction of sp³-hybridized carbons (Fsp3) is 0. The predicted molar refractivity (Wildman–Crippen MR) is 57.7 cm³/mol. The maximum atomic E-state index is 11.2. The van der Waals surface area contributed by atoms with Gasteiger partial charge in [-0.2, -0.15) is 0 Å². The van der Waals surface area contributed by atoms with Gasteiger partial charge in [0.15, 0.2) is 0 Å². The molecule has 2 amide bonds. The van der Waals surface area contributed by atoms with Crippen LogP contribution in [0.25, 0.3) is 0 Å². The molecule has 0 heterocycles. The summed E-state index contributed by atoms with van der Waals surface area (Å²) < 4.78 is 0. The van der Waals surface area contributed by atoms with Crippen LogP contribution in [0.3, 0.4) is 0 Å². The number of hydrogen-bond acceptors (Lipinski definition) is 4. The number of aliphatic carboxylic acids is 1. The largest absolute Gasteiger partial charge is 0.545 e. The van der Waals surface area contributed by atoms with Crippen LogP contribution in [0.2, 0.25) is 0 Å². The summed E-state index contributed by atoms with van der Waals surface area (Å²) in [7, 11) is 0. The first-order valence-corrected chi connectivity index (χ1v) is 4.59. The number of rotatable bonds is 4. The number of nitrogens with one attached hydrogen (secondary N) is 1. The van der Waals surface area contributed by atoms with Crippen molar-refractivity contribution in [2.45, 2.75) is 0 Å². The van der Waals surface area contributed by atoms with Crippen molar-refractivity contribution in [3.63, 3.8) is 0 Å². The summed E-state index contributed by atoms with van der Waals surface area (Å²) in [5.41, 5.74) is 5.64. The maximum absolute atomic E-state index is 11.2. The molecule has 0 spiro atoms. The van der Waals surface area contributed by atoms with Gasteiger partial charge in [-0.1, -0.05) is 6.07 Å². The molecule has 0 aliphatic heterocycles. The highest BCUT2D eigenvalue weighted by molar-refractivity contribution is 6.03. The number of anilines is 1. The topological polar surface area (TPSA) is 112 Å². The Balaban J connectivity index is 2.75. The molecule has 6 nitrogen and oxygen atoms in total. The molecule has 0 aliphatic rings. The summed E-state index contributed by atoms with van der Waals surface area (Å²) in [5, 5.41) is 12.4. The van der Waals surface area contributed by atoms with E-state index in [1.54, 1.807) is 0 Å². The second-order valence-corrected chi connectivity index (χ2v) is 3.09. The molecule has 0 saturated carbocycles. The van der Waals surface area contributed by atoms with Crippen LogP contribution in [0.4, 0.5) is 5.69 Å². The van der Waals surface area contributed by atoms with Crippen LogP contribution in [0.15, 0.2) is 36.4 Å². The average molecular weight is 233 g/mol. The third-order valence-electron chi connectivity index (χ3n) is 1.79. The molecule has 88 valence electrons. The van der Waals surface area contributed by atoms with E-state index in [0.717, 1.165) is 6.08 Å². The highest BCUT2D eigenvalue weighted by Gasteiger charge is 2.02. The first kappa shape index (κ1) is 12.4. The monoisotopic (exact) mass is 233 g/mol. The lowest BCUT2D eigenvalue weighted by Crippen LogP contribution is -2.20. The lowest BCUT2D eigenvalue weighted by atomic mass is 10.2. The molecule has 0 saturated heterocycles. The van der Waals surface area contributed by atoms with Gasteiger partial charge in [0.2, 0.25) is 11.8 Å². The van der Waals surface area contributed by atoms with Crippen LogP contribution in [0.1, 0.15) is 10.4 Å². The number of hydrogen-bond donors (Lipinski definition) is 2. The molecule has 0 atom stereocenters. The SMILES string of the molecule is NC(=O)c1cccc(NC(=O)C=CC(=O)[O-])c1. The lowest BCUT2D eigenvalue weighted by molar-refractivity contribution is -0.297. The van der Waals surface area contributed by atoms with Crippen molar-refractivity contribution < 1.29 is 19.5 Å². The molecule has 1 rings (SSSR count). The highest BCUT2D eigenvalue weighted by Crippen LogP contribution is 2.09. The molecule has 3 N–H and O–H groups in total. The Morgan fingerprint density at radius 3 is 2.53 bits per heavy atom. The molecule has 17 heavy (non-hydrogen) atoms. The van der Waals surface area contributed by atoms with Crippen LogP contribution in [0, 0.1) is 0 Å². The Hall–Kier alpha value is -2.63. The number of primary amides is 1. The first-order chi connectivity index (χ1) is 7.99. The molecule has 1 aromatic carbocycles. The van der Waals surface area contributed by atoms with Crippen molar-refractivity contribution in [1.82, 2.24) is 0 Å². The Morgan fingerprint density at radius 1 is 1.24 bits per heavy atom. The molecule has 0 aromatic heterocycles. The van der Waals surface area contributed by atoms with Gasteiger partial charge in [-0.15, -0.1) is 0 Å². The summed E-state index contributed by atoms with van der Waals surface area (Å²) in [6.07, 6.45) is 1.42. The normalized spacial score (nSPS) is 10.1. The van der Waals surface area contributed by atoms with Gasteiger partial charge in [-0.05, 0) is 24.3 Å². The van der Waals surface area contributed by atoms with Gasteiger partial charge >= 0.3 is 0 Å². The number of nitrogens with two attached hydrogens (primary N) is 1. The average Bonchev–Trinajstić information content (AvgIpc) is 2.26. The molecule has 0 radical (unpaired) electrons. The lowest BCUT2D eigenvalue weighted by Gasteiger charge is -2.03. The van der Waals surface area contributed by atoms with Gasteiger partial charge in [0.1, 0.15) is 0 Å². The van der Waals surface area contributed by atoms with E-state index in [0.29, 0.717) is 11.8 Å². The minimum atomic E-state index is -1.47. The van der Waals surface area contributed by atoms with Crippen molar-refractivity contribution in [2.24, 2.45) is 5.73 Å². The Morgan fingerprint density at radius 2 is 1.94 bits per heavy atom. The molecule has 0 aliphatic carbocycles. The zero-order valence-electron chi connectivity index (χ0n) is 8.67. The van der Waals surface area contributed by atoms with E-state index < -0.39 is 17.8 Å². The van der Waals surface area contributed by atoms with Crippen molar-refractivity contribution in [1.29, 1.82) is 0 Å². The summed E-state index contributed by atoms with van der Waals surface area (Å²) in [6.45, 7) is 0. The zero-order chi connectivity index (χ0) is 12.8. The number of carbonyl (C=O) groups is 3. The number of carboxylic acids is 1. The van der Waals surface area contributed by atoms with E-state index in [2.05, 4.69) is 5.32 Å². The minimum Gasteiger partial charge on any atom is -0.545 e. The highest BCUT2D eigenvalue weighted by atomic mass is 16.4. The Kier molecular flexibility index (Phi) is 3.99. The van der Waals surface area contributed by atoms with E-state index in [-0.39, 0.29) is 5.56 Å². The second-order valence-electron chi connectivity index (χ2n) is 3.09. The predicted octanol–water partition coefficient (Wildman–Crippen LogP) is -0.970. The van der Waals surface area contributed by atoms with E-state index in [9.17, 15) is 19.5 Å². The van der Waals surface area contributed by atoms with Crippen LogP contribution < -0.4 is 16.2 Å². The quantitative estimate of drug-likeness (QED) is 0.651. The van der Waals surface area contributed by atoms with E-state index in [1.165, 1.54) is 24.3 Å². The molecular weight excluding hydrogens is 224 g/mol. The molecule has 0 bridgehead atoms. The minimum absolute atomic E-state index is 0.242. The van der Waals surface area contributed by atoms with Crippen LogP contribution in [0.5, 0.6) is 0 Å². The van der Waals surface area contributed by atoms with Crippen molar-refractivity contribution >= 4 is 23.5 Å². The Bertz CT molecular complexity index is 494. The maximum Gasteiger partial charge on any atom is 0.248 e. The summed E-state index contributed by atoms with van der Waals surface area (Å²) >= 11 is 0. The van der Waals surface area contributed by atoms with Crippen molar-refractivity contribution in [2.75, 3.05) is 5.32 Å². The fourth-order valence-electron chi connectivity index (χ4n) is 1.08. The zero-order valence-corrected chi connectivity index (χ0v) is 8.67. The van der Waals surface area contributed by atoms with Crippen LogP contribution >= 0.6 is 0 Å². The standard InChI is InChI=1S/C11H10N2O4/c12-11(17)7-2-1-3-8(6-7)13-9(14)4-5-10(15)16/h1-6H,(H2,12,17)(H,13,14)(H,15,16)/p-1. The second kappa shape index (κ2) is 5.45. The number of carbonyl (C=O) groups excluding carboxylic acids is 3. The first-order valence-electron chi connectivity index (χ1n) is 4.59. The summed E-state index contributed by atoms with van der Waals surface area (Å²) in [4.78, 5) is 32.1. The van der Waals surface area contributed by atoms with E-state index in [4.69, 9.17) is 5.73 Å². The van der Waals surface area contributed by atoms with E-state index >= 15 is 0 Å². The third kappa shape index (κ3) is 4.17. The van der Waals surface area contributed by atoms with Gasteiger partial charge in [-0.25, -0.2) is 0 Å². The number of benzene rings is 1. The molecule has 0 fully saturated rings. The summed E-state index contributed by atoms with van der Waals surface area (Å²) in [5.74, 6) is -2.73. The van der Waals surface area contributed by atoms with Crippen molar-refractivity contribution in [3.8, 4) is 0 Å². The number of amides is 2. The van der Waals surface area contributed by atoms with Crippen LogP contribution in [-0.2, 0) is 9.59 Å². The van der Waals surface area contributed by atoms with Gasteiger partial charge in [0.05, 0.1) is 5.97 Å². The number of carboxylic acid groups (broad SMARTS) is 1. The molecule has 1 aromatic rings. The van der Waals surface area contributed by atoms with Gasteiger partial charge in [0.25, 0.3) is 0 Å². The fourth-order valence-corrected chi connectivity index (χ4v) is 1.08. The summed E-state index contributed by atoms with van der Waals surface area (Å²) in [6, 6.07) is 5.96. The van der Waals surface area contributed by atoms with Gasteiger partial charge in [-0.3, -0.25) is 9.59 Å². The van der Waals surface area contributed by atoms with Gasteiger partial charge < -0.3 is 21.0 Å². The molecular formula is C11H9N2O4-. The Labute approximate surface area is 96.7 Å². The van der Waals surface area contributed by atoms with Crippen LogP contribution in [-0.4, -0.2) is 17.8 Å². The van der Waals surface area contributed by atoms with Crippen molar-refractivity contribution in [3.05, 3.63) is 42.0 Å².